The van der Waals surface area contributed by atoms with Gasteiger partial charge in [0.25, 0.3) is 0 Å². The van der Waals surface area contributed by atoms with Crippen molar-refractivity contribution in [3.8, 4) is 17.0 Å². The van der Waals surface area contributed by atoms with E-state index in [0.29, 0.717) is 23.6 Å². The predicted octanol–water partition coefficient (Wildman–Crippen LogP) is 3.01. The molecule has 0 radical (unpaired) electrons. The lowest BCUT2D eigenvalue weighted by Gasteiger charge is -2.06. The number of H-pyrrole nitrogens is 1. The Hall–Kier alpha value is -1.55. The number of imidazole rings is 1. The fourth-order valence-corrected chi connectivity index (χ4v) is 1.79. The van der Waals surface area contributed by atoms with Gasteiger partial charge >= 0.3 is 0 Å². The van der Waals surface area contributed by atoms with Crippen LogP contribution < -0.4 is 4.74 Å². The molecule has 2 rings (SSSR count). The maximum atomic E-state index is 13.2. The molecule has 1 aromatic heterocycles. The third-order valence-electron chi connectivity index (χ3n) is 2.41. The Bertz CT molecular complexity index is 513. The Morgan fingerprint density at radius 2 is 2.29 bits per heavy atom. The van der Waals surface area contributed by atoms with Crippen LogP contribution in [0.4, 0.5) is 4.39 Å². The standard InChI is InChI=1S/C12H12ClFN2O/c1-17-11-3-2-8(14)6-9(11)10-7-15-12(16-10)4-5-13/h2-3,6-7H,4-5H2,1H3,(H,15,16). The van der Waals surface area contributed by atoms with E-state index in [1.165, 1.54) is 12.1 Å². The molecule has 1 aromatic carbocycles. The van der Waals surface area contributed by atoms with Crippen molar-refractivity contribution in [2.75, 3.05) is 13.0 Å². The largest absolute Gasteiger partial charge is 0.496 e. The number of methoxy groups -OCH3 is 1. The van der Waals surface area contributed by atoms with Crippen LogP contribution in [0.1, 0.15) is 5.82 Å². The molecule has 1 heterocycles. The molecule has 0 amide bonds. The summed E-state index contributed by atoms with van der Waals surface area (Å²) in [5, 5.41) is 0. The first-order valence-corrected chi connectivity index (χ1v) is 5.72. The van der Waals surface area contributed by atoms with Crippen molar-refractivity contribution in [3.05, 3.63) is 36.0 Å². The third kappa shape index (κ3) is 2.58. The van der Waals surface area contributed by atoms with E-state index >= 15 is 0 Å². The summed E-state index contributed by atoms with van der Waals surface area (Å²) < 4.78 is 18.4. The summed E-state index contributed by atoms with van der Waals surface area (Å²) in [5.41, 5.74) is 1.38. The average Bonchev–Trinajstić information content (AvgIpc) is 2.78. The van der Waals surface area contributed by atoms with Gasteiger partial charge in [-0.2, -0.15) is 0 Å². The molecule has 0 saturated carbocycles. The summed E-state index contributed by atoms with van der Waals surface area (Å²) in [4.78, 5) is 7.26. The summed E-state index contributed by atoms with van der Waals surface area (Å²) in [6, 6.07) is 4.36. The number of halogens is 2. The van der Waals surface area contributed by atoms with Crippen LogP contribution in [0, 0.1) is 5.82 Å². The summed E-state index contributed by atoms with van der Waals surface area (Å²) >= 11 is 5.63. The van der Waals surface area contributed by atoms with E-state index in [-0.39, 0.29) is 5.82 Å². The molecule has 1 N–H and O–H groups in total. The van der Waals surface area contributed by atoms with Crippen molar-refractivity contribution in [2.45, 2.75) is 6.42 Å². The molecule has 0 aliphatic carbocycles. The summed E-state index contributed by atoms with van der Waals surface area (Å²) in [6.07, 6.45) is 2.30. The zero-order valence-corrected chi connectivity index (χ0v) is 10.1. The number of nitrogens with zero attached hydrogens (tertiary/aromatic N) is 1. The van der Waals surface area contributed by atoms with Crippen LogP contribution in [0.3, 0.4) is 0 Å². The van der Waals surface area contributed by atoms with Crippen molar-refractivity contribution >= 4 is 11.6 Å². The van der Waals surface area contributed by atoms with E-state index in [9.17, 15) is 4.39 Å². The third-order valence-corrected chi connectivity index (χ3v) is 2.60. The maximum Gasteiger partial charge on any atom is 0.128 e. The fourth-order valence-electron chi connectivity index (χ4n) is 1.61. The molecular weight excluding hydrogens is 243 g/mol. The molecule has 90 valence electrons. The zero-order valence-electron chi connectivity index (χ0n) is 9.34. The van der Waals surface area contributed by atoms with Crippen molar-refractivity contribution in [3.63, 3.8) is 0 Å². The van der Waals surface area contributed by atoms with Gasteiger partial charge in [0.2, 0.25) is 0 Å². The zero-order chi connectivity index (χ0) is 12.3. The van der Waals surface area contributed by atoms with Crippen LogP contribution in [0.5, 0.6) is 5.75 Å². The van der Waals surface area contributed by atoms with Gasteiger partial charge in [0.05, 0.1) is 19.0 Å². The number of ether oxygens (including phenoxy) is 1. The topological polar surface area (TPSA) is 37.9 Å². The number of nitrogens with one attached hydrogen (secondary N) is 1. The van der Waals surface area contributed by atoms with Crippen molar-refractivity contribution < 1.29 is 9.13 Å². The highest BCUT2D eigenvalue weighted by atomic mass is 35.5. The smallest absolute Gasteiger partial charge is 0.128 e. The van der Waals surface area contributed by atoms with E-state index in [1.807, 2.05) is 0 Å². The van der Waals surface area contributed by atoms with Gasteiger partial charge in [-0.15, -0.1) is 11.6 Å². The second kappa shape index (κ2) is 5.19. The highest BCUT2D eigenvalue weighted by molar-refractivity contribution is 6.17. The summed E-state index contributed by atoms with van der Waals surface area (Å²) in [6.45, 7) is 0. The quantitative estimate of drug-likeness (QED) is 0.852. The monoisotopic (exact) mass is 254 g/mol. The Morgan fingerprint density at radius 3 is 3.00 bits per heavy atom. The minimum absolute atomic E-state index is 0.311. The normalized spacial score (nSPS) is 10.5. The lowest BCUT2D eigenvalue weighted by molar-refractivity contribution is 0.415. The molecular formula is C12H12ClFN2O. The van der Waals surface area contributed by atoms with Gasteiger partial charge in [0.1, 0.15) is 17.4 Å². The molecule has 0 atom stereocenters. The molecule has 3 nitrogen and oxygen atoms in total. The first kappa shape index (κ1) is 11.9. The molecule has 2 aromatic rings. The Kier molecular flexibility index (Phi) is 3.64. The van der Waals surface area contributed by atoms with E-state index < -0.39 is 0 Å². The van der Waals surface area contributed by atoms with Gasteiger partial charge in [0.15, 0.2) is 0 Å². The molecule has 0 fully saturated rings. The first-order chi connectivity index (χ1) is 8.24. The van der Waals surface area contributed by atoms with E-state index in [2.05, 4.69) is 9.97 Å². The van der Waals surface area contributed by atoms with Gasteiger partial charge in [-0.1, -0.05) is 0 Å². The maximum absolute atomic E-state index is 13.2. The molecule has 0 aliphatic heterocycles. The highest BCUT2D eigenvalue weighted by Crippen LogP contribution is 2.29. The van der Waals surface area contributed by atoms with Crippen LogP contribution in [-0.4, -0.2) is 23.0 Å². The minimum Gasteiger partial charge on any atom is -0.496 e. The fraction of sp³-hybridized carbons (Fsp3) is 0.250. The van der Waals surface area contributed by atoms with E-state index in [1.54, 1.807) is 19.4 Å². The van der Waals surface area contributed by atoms with Crippen LogP contribution >= 0.6 is 11.6 Å². The second-order valence-corrected chi connectivity index (χ2v) is 3.91. The van der Waals surface area contributed by atoms with Gasteiger partial charge in [0, 0.05) is 17.9 Å². The molecule has 0 unspecified atom stereocenters. The Labute approximate surface area is 104 Å². The van der Waals surface area contributed by atoms with Crippen molar-refractivity contribution in [2.24, 2.45) is 0 Å². The van der Waals surface area contributed by atoms with Gasteiger partial charge in [-0.05, 0) is 18.2 Å². The number of benzene rings is 1. The molecule has 5 heteroatoms. The lowest BCUT2D eigenvalue weighted by Crippen LogP contribution is -1.91. The van der Waals surface area contributed by atoms with Crippen molar-refractivity contribution in [1.82, 2.24) is 9.97 Å². The number of hydrogen-bond acceptors (Lipinski definition) is 2. The number of hydrogen-bond donors (Lipinski definition) is 1. The van der Waals surface area contributed by atoms with Crippen molar-refractivity contribution in [1.29, 1.82) is 0 Å². The van der Waals surface area contributed by atoms with Crippen LogP contribution in [0.25, 0.3) is 11.3 Å². The van der Waals surface area contributed by atoms with E-state index in [0.717, 1.165) is 11.5 Å². The average molecular weight is 255 g/mol. The molecule has 0 saturated heterocycles. The van der Waals surface area contributed by atoms with Crippen LogP contribution in [0.15, 0.2) is 24.4 Å². The molecule has 0 aliphatic rings. The second-order valence-electron chi connectivity index (χ2n) is 3.53. The summed E-state index contributed by atoms with van der Waals surface area (Å²) in [5.74, 6) is 1.57. The molecule has 0 bridgehead atoms. The predicted molar refractivity (Wildman–Crippen MR) is 65.0 cm³/mol. The summed E-state index contributed by atoms with van der Waals surface area (Å²) in [7, 11) is 1.55. The van der Waals surface area contributed by atoms with Gasteiger partial charge < -0.3 is 9.72 Å². The Balaban J connectivity index is 2.40. The molecule has 0 spiro atoms. The number of alkyl halides is 1. The van der Waals surface area contributed by atoms with E-state index in [4.69, 9.17) is 16.3 Å². The Morgan fingerprint density at radius 1 is 1.47 bits per heavy atom. The number of aromatic nitrogens is 2. The van der Waals surface area contributed by atoms with Gasteiger partial charge in [-0.25, -0.2) is 9.37 Å². The highest BCUT2D eigenvalue weighted by Gasteiger charge is 2.10. The van der Waals surface area contributed by atoms with Gasteiger partial charge in [-0.3, -0.25) is 0 Å². The number of aryl methyl sites for hydroxylation is 1. The number of aromatic amines is 1. The number of rotatable bonds is 4. The minimum atomic E-state index is -0.311. The van der Waals surface area contributed by atoms with Crippen LogP contribution in [-0.2, 0) is 6.42 Å². The SMILES string of the molecule is COc1ccc(F)cc1-c1cnc(CCCl)[nH]1. The lowest BCUT2D eigenvalue weighted by atomic mass is 10.1. The first-order valence-electron chi connectivity index (χ1n) is 5.18. The van der Waals surface area contributed by atoms with Crippen LogP contribution in [0.2, 0.25) is 0 Å². The molecule has 17 heavy (non-hydrogen) atoms.